The quantitative estimate of drug-likeness (QED) is 0.489. The molecule has 0 radical (unpaired) electrons. The SMILES string of the molecule is C=C(C)C(C)[Si](OC)(OC)OC. The summed E-state index contributed by atoms with van der Waals surface area (Å²) in [6.07, 6.45) is 0. The van der Waals surface area contributed by atoms with Crippen molar-refractivity contribution in [3.8, 4) is 0 Å². The van der Waals surface area contributed by atoms with E-state index in [4.69, 9.17) is 13.3 Å². The van der Waals surface area contributed by atoms with Crippen LogP contribution in [0.25, 0.3) is 0 Å². The lowest BCUT2D eigenvalue weighted by Gasteiger charge is -2.30. The van der Waals surface area contributed by atoms with Crippen LogP contribution in [-0.2, 0) is 13.3 Å². The lowest BCUT2D eigenvalue weighted by molar-refractivity contribution is 0.117. The zero-order valence-electron chi connectivity index (χ0n) is 8.51. The minimum absolute atomic E-state index is 0.137. The normalized spacial score (nSPS) is 14.4. The van der Waals surface area contributed by atoms with E-state index in [-0.39, 0.29) is 5.54 Å². The van der Waals surface area contributed by atoms with Crippen LogP contribution in [-0.4, -0.2) is 30.1 Å². The summed E-state index contributed by atoms with van der Waals surface area (Å²) in [4.78, 5) is 0. The van der Waals surface area contributed by atoms with Crippen LogP contribution in [0.4, 0.5) is 0 Å². The van der Waals surface area contributed by atoms with Gasteiger partial charge in [0.25, 0.3) is 0 Å². The highest BCUT2D eigenvalue weighted by Gasteiger charge is 2.44. The molecule has 0 rings (SSSR count). The second-order valence-electron chi connectivity index (χ2n) is 2.78. The van der Waals surface area contributed by atoms with Crippen molar-refractivity contribution in [3.05, 3.63) is 12.2 Å². The first kappa shape index (κ1) is 11.8. The molecule has 72 valence electrons. The molecule has 12 heavy (non-hydrogen) atoms. The minimum atomic E-state index is -2.48. The van der Waals surface area contributed by atoms with Crippen molar-refractivity contribution in [1.82, 2.24) is 0 Å². The van der Waals surface area contributed by atoms with Crippen molar-refractivity contribution in [2.75, 3.05) is 21.3 Å². The zero-order valence-corrected chi connectivity index (χ0v) is 9.51. The van der Waals surface area contributed by atoms with Gasteiger partial charge < -0.3 is 13.3 Å². The fourth-order valence-corrected chi connectivity index (χ4v) is 3.25. The summed E-state index contributed by atoms with van der Waals surface area (Å²) < 4.78 is 15.9. The van der Waals surface area contributed by atoms with Gasteiger partial charge in [-0.1, -0.05) is 19.1 Å². The topological polar surface area (TPSA) is 27.7 Å². The van der Waals surface area contributed by atoms with Crippen molar-refractivity contribution in [1.29, 1.82) is 0 Å². The Balaban J connectivity index is 4.58. The maximum absolute atomic E-state index is 5.29. The Kier molecular flexibility index (Phi) is 4.70. The highest BCUT2D eigenvalue weighted by Crippen LogP contribution is 2.29. The fourth-order valence-electron chi connectivity index (χ4n) is 1.08. The van der Waals surface area contributed by atoms with Crippen molar-refractivity contribution < 1.29 is 13.3 Å². The van der Waals surface area contributed by atoms with E-state index in [1.54, 1.807) is 21.3 Å². The smallest absolute Gasteiger partial charge is 0.376 e. The largest absolute Gasteiger partial charge is 0.507 e. The van der Waals surface area contributed by atoms with Crippen molar-refractivity contribution in [2.45, 2.75) is 19.4 Å². The zero-order chi connectivity index (χ0) is 9.78. The van der Waals surface area contributed by atoms with E-state index < -0.39 is 8.80 Å². The highest BCUT2D eigenvalue weighted by atomic mass is 28.4. The van der Waals surface area contributed by atoms with Gasteiger partial charge in [-0.3, -0.25) is 0 Å². The standard InChI is InChI=1S/C8H18O3Si/c1-7(2)8(3)12(9-4,10-5)11-6/h8H,1H2,2-6H3. The molecule has 0 N–H and O–H groups in total. The molecule has 0 amide bonds. The maximum Gasteiger partial charge on any atom is 0.507 e. The van der Waals surface area contributed by atoms with Gasteiger partial charge in [0, 0.05) is 26.9 Å². The van der Waals surface area contributed by atoms with E-state index in [1.807, 2.05) is 13.8 Å². The lowest BCUT2D eigenvalue weighted by Crippen LogP contribution is -2.47. The fraction of sp³-hybridized carbons (Fsp3) is 0.750. The summed E-state index contributed by atoms with van der Waals surface area (Å²) in [6, 6.07) is 0. The van der Waals surface area contributed by atoms with Gasteiger partial charge in [-0.05, 0) is 6.92 Å². The van der Waals surface area contributed by atoms with E-state index in [0.717, 1.165) is 5.57 Å². The Hall–Kier alpha value is -0.163. The molecule has 4 heteroatoms. The van der Waals surface area contributed by atoms with Crippen molar-refractivity contribution >= 4 is 8.80 Å². The van der Waals surface area contributed by atoms with Gasteiger partial charge in [0.05, 0.1) is 0 Å². The third kappa shape index (κ3) is 2.16. The van der Waals surface area contributed by atoms with Crippen molar-refractivity contribution in [2.24, 2.45) is 0 Å². The van der Waals surface area contributed by atoms with Crippen LogP contribution in [0, 0.1) is 0 Å². The van der Waals surface area contributed by atoms with E-state index >= 15 is 0 Å². The number of rotatable bonds is 5. The molecule has 0 aromatic rings. The number of hydrogen-bond donors (Lipinski definition) is 0. The van der Waals surface area contributed by atoms with Gasteiger partial charge in [-0.2, -0.15) is 0 Å². The Morgan fingerprint density at radius 2 is 1.50 bits per heavy atom. The van der Waals surface area contributed by atoms with Crippen LogP contribution in [0.5, 0.6) is 0 Å². The summed E-state index contributed by atoms with van der Waals surface area (Å²) >= 11 is 0. The van der Waals surface area contributed by atoms with Gasteiger partial charge in [-0.25, -0.2) is 0 Å². The van der Waals surface area contributed by atoms with Gasteiger partial charge in [0.1, 0.15) is 0 Å². The van der Waals surface area contributed by atoms with Crippen LogP contribution in [0.1, 0.15) is 13.8 Å². The van der Waals surface area contributed by atoms with Crippen LogP contribution in [0.15, 0.2) is 12.2 Å². The van der Waals surface area contributed by atoms with Gasteiger partial charge in [-0.15, -0.1) is 0 Å². The molecule has 3 nitrogen and oxygen atoms in total. The molecule has 0 aromatic heterocycles. The Labute approximate surface area is 75.7 Å². The highest BCUT2D eigenvalue weighted by molar-refractivity contribution is 6.63. The summed E-state index contributed by atoms with van der Waals surface area (Å²) in [5.74, 6) is 0. The predicted octanol–water partition coefficient (Wildman–Crippen LogP) is 1.83. The average Bonchev–Trinajstić information content (AvgIpc) is 2.08. The molecule has 0 heterocycles. The molecule has 0 fully saturated rings. The molecule has 0 saturated carbocycles. The predicted molar refractivity (Wildman–Crippen MR) is 51.0 cm³/mol. The van der Waals surface area contributed by atoms with E-state index in [1.165, 1.54) is 0 Å². The molecule has 0 aromatic carbocycles. The summed E-state index contributed by atoms with van der Waals surface area (Å²) in [7, 11) is 2.35. The second kappa shape index (κ2) is 4.76. The third-order valence-corrected chi connectivity index (χ3v) is 5.38. The Morgan fingerprint density at radius 1 is 1.17 bits per heavy atom. The molecule has 0 bridgehead atoms. The Morgan fingerprint density at radius 3 is 1.58 bits per heavy atom. The summed E-state index contributed by atoms with van der Waals surface area (Å²) in [5.41, 5.74) is 1.16. The molecule has 0 aliphatic carbocycles. The summed E-state index contributed by atoms with van der Waals surface area (Å²) in [5, 5.41) is 0. The molecular formula is C8H18O3Si. The molecule has 0 saturated heterocycles. The van der Waals surface area contributed by atoms with Crippen LogP contribution < -0.4 is 0 Å². The second-order valence-corrected chi connectivity index (χ2v) is 6.08. The van der Waals surface area contributed by atoms with Crippen LogP contribution >= 0.6 is 0 Å². The molecule has 0 spiro atoms. The summed E-state index contributed by atoms with van der Waals surface area (Å²) in [6.45, 7) is 7.81. The third-order valence-electron chi connectivity index (χ3n) is 2.12. The van der Waals surface area contributed by atoms with E-state index in [2.05, 4.69) is 6.58 Å². The maximum atomic E-state index is 5.29. The molecular weight excluding hydrogens is 172 g/mol. The lowest BCUT2D eigenvalue weighted by atomic mass is 10.3. The molecule has 0 aliphatic rings. The average molecular weight is 190 g/mol. The first-order valence-corrected chi connectivity index (χ1v) is 5.65. The molecule has 0 aliphatic heterocycles. The first-order chi connectivity index (χ1) is 5.54. The van der Waals surface area contributed by atoms with Gasteiger partial charge in [0.2, 0.25) is 0 Å². The number of hydrogen-bond acceptors (Lipinski definition) is 3. The first-order valence-electron chi connectivity index (χ1n) is 3.85. The Bertz CT molecular complexity index is 146. The van der Waals surface area contributed by atoms with Crippen LogP contribution in [0.3, 0.4) is 0 Å². The van der Waals surface area contributed by atoms with E-state index in [9.17, 15) is 0 Å². The minimum Gasteiger partial charge on any atom is -0.376 e. The van der Waals surface area contributed by atoms with Gasteiger partial charge in [0.15, 0.2) is 0 Å². The molecule has 1 atom stereocenters. The van der Waals surface area contributed by atoms with Crippen molar-refractivity contribution in [3.63, 3.8) is 0 Å². The van der Waals surface area contributed by atoms with E-state index in [0.29, 0.717) is 0 Å². The monoisotopic (exact) mass is 190 g/mol. The number of allylic oxidation sites excluding steroid dienone is 1. The van der Waals surface area contributed by atoms with Gasteiger partial charge >= 0.3 is 8.80 Å². The van der Waals surface area contributed by atoms with Crippen LogP contribution in [0.2, 0.25) is 5.54 Å². The molecule has 1 unspecified atom stereocenters.